The maximum Gasteiger partial charge on any atom is 0.203 e. The van der Waals surface area contributed by atoms with E-state index in [-0.39, 0.29) is 11.5 Å². The van der Waals surface area contributed by atoms with Gasteiger partial charge in [-0.2, -0.15) is 9.64 Å². The predicted molar refractivity (Wildman–Crippen MR) is 86.3 cm³/mol. The van der Waals surface area contributed by atoms with E-state index < -0.39 is 0 Å². The van der Waals surface area contributed by atoms with Crippen molar-refractivity contribution < 1.29 is 0 Å². The maximum absolute atomic E-state index is 8.84. The van der Waals surface area contributed by atoms with E-state index in [4.69, 9.17) is 5.26 Å². The summed E-state index contributed by atoms with van der Waals surface area (Å²) >= 11 is 1.38. The number of rotatable bonds is 5. The molecule has 1 aromatic carbocycles. The molecule has 1 N–H and O–H groups in total. The van der Waals surface area contributed by atoms with Crippen LogP contribution in [0.5, 0.6) is 0 Å². The zero-order valence-electron chi connectivity index (χ0n) is 12.6. The van der Waals surface area contributed by atoms with Gasteiger partial charge in [0.05, 0.1) is 12.1 Å². The van der Waals surface area contributed by atoms with Crippen molar-refractivity contribution in [3.05, 3.63) is 41.7 Å². The number of nitrogens with zero attached hydrogens (tertiary/aromatic N) is 3. The van der Waals surface area contributed by atoms with Gasteiger partial charge in [0.15, 0.2) is 0 Å². The quantitative estimate of drug-likeness (QED) is 0.894. The summed E-state index contributed by atoms with van der Waals surface area (Å²) in [4.78, 5) is 4.57. The summed E-state index contributed by atoms with van der Waals surface area (Å²) in [5.74, 6) is 0.849. The largest absolute Gasteiger partial charge is 0.353 e. The summed E-state index contributed by atoms with van der Waals surface area (Å²) in [5.41, 5.74) is 1.12. The minimum atomic E-state index is -0.0503. The van der Waals surface area contributed by atoms with E-state index in [9.17, 15) is 0 Å². The zero-order chi connectivity index (χ0) is 15.3. The van der Waals surface area contributed by atoms with Crippen molar-refractivity contribution in [2.45, 2.75) is 45.1 Å². The number of nitrogens with one attached hydrogen (secondary N) is 1. The maximum atomic E-state index is 8.84. The highest BCUT2D eigenvalue weighted by atomic mass is 32.1. The van der Waals surface area contributed by atoms with Gasteiger partial charge in [-0.05, 0) is 12.0 Å². The van der Waals surface area contributed by atoms with Crippen LogP contribution in [-0.2, 0) is 5.41 Å². The van der Waals surface area contributed by atoms with Gasteiger partial charge < -0.3 is 5.32 Å². The standard InChI is InChI=1S/C16H20N4S/c1-16(2,3)14-19-15(21-20-14)18-13(10-7-11-17)12-8-5-4-6-9-12/h4-6,8-9,13H,7,10H2,1-3H3,(H,18,19,20). The first kappa shape index (κ1) is 15.5. The van der Waals surface area contributed by atoms with Crippen LogP contribution in [0, 0.1) is 11.3 Å². The molecule has 110 valence electrons. The van der Waals surface area contributed by atoms with Crippen LogP contribution in [0.15, 0.2) is 30.3 Å². The third-order valence-corrected chi connectivity index (χ3v) is 3.79. The highest BCUT2D eigenvalue weighted by molar-refractivity contribution is 7.09. The monoisotopic (exact) mass is 300 g/mol. The van der Waals surface area contributed by atoms with Gasteiger partial charge in [0.2, 0.25) is 5.13 Å². The van der Waals surface area contributed by atoms with E-state index in [0.717, 1.165) is 17.4 Å². The Balaban J connectivity index is 2.16. The molecule has 0 aliphatic rings. The van der Waals surface area contributed by atoms with E-state index in [2.05, 4.69) is 53.6 Å². The summed E-state index contributed by atoms with van der Waals surface area (Å²) in [5, 5.41) is 13.1. The van der Waals surface area contributed by atoms with Gasteiger partial charge >= 0.3 is 0 Å². The van der Waals surface area contributed by atoms with Crippen LogP contribution in [0.3, 0.4) is 0 Å². The molecule has 0 saturated carbocycles. The molecule has 0 radical (unpaired) electrons. The van der Waals surface area contributed by atoms with Gasteiger partial charge in [-0.1, -0.05) is 51.1 Å². The molecule has 1 heterocycles. The van der Waals surface area contributed by atoms with Crippen molar-refractivity contribution >= 4 is 16.7 Å². The van der Waals surface area contributed by atoms with Crippen LogP contribution >= 0.6 is 11.5 Å². The Morgan fingerprint density at radius 3 is 2.57 bits per heavy atom. The Morgan fingerprint density at radius 1 is 1.29 bits per heavy atom. The van der Waals surface area contributed by atoms with Gasteiger partial charge in [-0.25, -0.2) is 4.98 Å². The summed E-state index contributed by atoms with van der Waals surface area (Å²) in [6.07, 6.45) is 1.27. The lowest BCUT2D eigenvalue weighted by atomic mass is 9.96. The third kappa shape index (κ3) is 4.27. The van der Waals surface area contributed by atoms with Crippen molar-refractivity contribution in [3.8, 4) is 6.07 Å². The lowest BCUT2D eigenvalue weighted by molar-refractivity contribution is 0.554. The molecule has 2 rings (SSSR count). The zero-order valence-corrected chi connectivity index (χ0v) is 13.4. The molecule has 0 amide bonds. The van der Waals surface area contributed by atoms with Crippen LogP contribution in [0.1, 0.15) is 51.0 Å². The van der Waals surface area contributed by atoms with Gasteiger partial charge in [0.25, 0.3) is 0 Å². The molecule has 2 aromatic rings. The molecule has 1 aromatic heterocycles. The number of anilines is 1. The normalized spacial score (nSPS) is 12.7. The second-order valence-electron chi connectivity index (χ2n) is 5.98. The average Bonchev–Trinajstić information content (AvgIpc) is 2.93. The molecular formula is C16H20N4S. The molecule has 0 aliphatic carbocycles. The first-order valence-corrected chi connectivity index (χ1v) is 7.80. The van der Waals surface area contributed by atoms with Crippen LogP contribution in [0.25, 0.3) is 0 Å². The van der Waals surface area contributed by atoms with Gasteiger partial charge in [0.1, 0.15) is 5.82 Å². The van der Waals surface area contributed by atoms with Gasteiger partial charge in [-0.3, -0.25) is 0 Å². The Labute approximate surface area is 130 Å². The van der Waals surface area contributed by atoms with Crippen LogP contribution in [0.2, 0.25) is 0 Å². The number of benzene rings is 1. The summed E-state index contributed by atoms with van der Waals surface area (Å²) in [6.45, 7) is 6.30. The highest BCUT2D eigenvalue weighted by Crippen LogP contribution is 2.27. The lowest BCUT2D eigenvalue weighted by Crippen LogP contribution is -2.14. The molecule has 1 unspecified atom stereocenters. The smallest absolute Gasteiger partial charge is 0.203 e. The van der Waals surface area contributed by atoms with Crippen molar-refractivity contribution in [2.75, 3.05) is 5.32 Å². The number of nitriles is 1. The van der Waals surface area contributed by atoms with E-state index >= 15 is 0 Å². The fourth-order valence-electron chi connectivity index (χ4n) is 1.95. The van der Waals surface area contributed by atoms with Crippen molar-refractivity contribution in [1.29, 1.82) is 5.26 Å². The van der Waals surface area contributed by atoms with E-state index in [0.29, 0.717) is 6.42 Å². The predicted octanol–water partition coefficient (Wildman–Crippen LogP) is 4.29. The fourth-order valence-corrected chi connectivity index (χ4v) is 2.76. The van der Waals surface area contributed by atoms with E-state index in [1.807, 2.05) is 18.2 Å². The summed E-state index contributed by atoms with van der Waals surface area (Å²) in [7, 11) is 0. The third-order valence-electron chi connectivity index (χ3n) is 3.14. The molecule has 0 spiro atoms. The van der Waals surface area contributed by atoms with Crippen molar-refractivity contribution in [2.24, 2.45) is 0 Å². The van der Waals surface area contributed by atoms with Crippen molar-refractivity contribution in [1.82, 2.24) is 9.36 Å². The van der Waals surface area contributed by atoms with Gasteiger partial charge in [0, 0.05) is 23.4 Å². The first-order valence-electron chi connectivity index (χ1n) is 7.03. The molecule has 1 atom stereocenters. The molecular weight excluding hydrogens is 280 g/mol. The molecule has 0 aliphatic heterocycles. The first-order chi connectivity index (χ1) is 10.0. The fraction of sp³-hybridized carbons (Fsp3) is 0.438. The molecule has 0 fully saturated rings. The molecule has 4 nitrogen and oxygen atoms in total. The van der Waals surface area contributed by atoms with Crippen LogP contribution < -0.4 is 5.32 Å². The second kappa shape index (κ2) is 6.68. The minimum absolute atomic E-state index is 0.0503. The van der Waals surface area contributed by atoms with E-state index in [1.54, 1.807) is 0 Å². The second-order valence-corrected chi connectivity index (χ2v) is 6.73. The molecule has 0 saturated heterocycles. The van der Waals surface area contributed by atoms with Gasteiger partial charge in [-0.15, -0.1) is 0 Å². The minimum Gasteiger partial charge on any atom is -0.353 e. The van der Waals surface area contributed by atoms with Crippen LogP contribution in [0.4, 0.5) is 5.13 Å². The number of hydrogen-bond acceptors (Lipinski definition) is 5. The number of hydrogen-bond donors (Lipinski definition) is 1. The molecule has 21 heavy (non-hydrogen) atoms. The number of aromatic nitrogens is 2. The van der Waals surface area contributed by atoms with Crippen molar-refractivity contribution in [3.63, 3.8) is 0 Å². The average molecular weight is 300 g/mol. The van der Waals surface area contributed by atoms with E-state index in [1.165, 1.54) is 17.1 Å². The Hall–Kier alpha value is -1.93. The highest BCUT2D eigenvalue weighted by Gasteiger charge is 2.21. The lowest BCUT2D eigenvalue weighted by Gasteiger charge is -2.17. The Morgan fingerprint density at radius 2 is 2.00 bits per heavy atom. The topological polar surface area (TPSA) is 61.6 Å². The SMILES string of the molecule is CC(C)(C)c1nsc(NC(CCC#N)c2ccccc2)n1. The molecule has 0 bridgehead atoms. The van der Waals surface area contributed by atoms with Crippen LogP contribution in [-0.4, -0.2) is 9.36 Å². The summed E-state index contributed by atoms with van der Waals surface area (Å²) < 4.78 is 4.42. The Kier molecular flexibility index (Phi) is 4.92. The Bertz CT molecular complexity index is 607. The summed E-state index contributed by atoms with van der Waals surface area (Å²) in [6, 6.07) is 12.5. The molecule has 5 heteroatoms.